The molecule has 0 saturated carbocycles. The first kappa shape index (κ1) is 13.9. The van der Waals surface area contributed by atoms with Crippen molar-refractivity contribution in [3.8, 4) is 0 Å². The number of hydrogen-bond acceptors (Lipinski definition) is 5. The Hall–Kier alpha value is -2.50. The highest BCUT2D eigenvalue weighted by Crippen LogP contribution is 2.32. The molecule has 0 spiro atoms. The van der Waals surface area contributed by atoms with E-state index in [1.54, 1.807) is 12.1 Å². The van der Waals surface area contributed by atoms with E-state index in [0.717, 1.165) is 0 Å². The number of esters is 1. The summed E-state index contributed by atoms with van der Waals surface area (Å²) in [6.07, 6.45) is 2.12. The van der Waals surface area contributed by atoms with Crippen LogP contribution in [0.25, 0.3) is 5.57 Å². The summed E-state index contributed by atoms with van der Waals surface area (Å²) in [5.41, 5.74) is 1.15. The lowest BCUT2D eigenvalue weighted by Gasteiger charge is -2.21. The van der Waals surface area contributed by atoms with Gasteiger partial charge in [-0.2, -0.15) is 0 Å². The molecule has 0 saturated heterocycles. The van der Waals surface area contributed by atoms with Crippen molar-refractivity contribution in [1.29, 1.82) is 0 Å². The highest BCUT2D eigenvalue weighted by atomic mass is 16.6. The van der Waals surface area contributed by atoms with Gasteiger partial charge in [0.25, 0.3) is 5.69 Å². The number of nitrogens with zero attached hydrogens (tertiary/aromatic N) is 1. The van der Waals surface area contributed by atoms with E-state index in [-0.39, 0.29) is 11.5 Å². The molecule has 1 aromatic rings. The van der Waals surface area contributed by atoms with Crippen LogP contribution in [0.15, 0.2) is 30.3 Å². The number of rotatable bonds is 3. The van der Waals surface area contributed by atoms with Crippen LogP contribution in [0.3, 0.4) is 0 Å². The second-order valence-electron chi connectivity index (χ2n) is 4.48. The fraction of sp³-hybridized carbons (Fsp3) is 0.286. The molecule has 0 radical (unpaired) electrons. The summed E-state index contributed by atoms with van der Waals surface area (Å²) in [5.74, 6) is -0.959. The number of hydrogen-bond donors (Lipinski definition) is 0. The van der Waals surface area contributed by atoms with Crippen LogP contribution < -0.4 is 0 Å². The number of allylic oxidation sites excluding steroid dienone is 1. The zero-order chi connectivity index (χ0) is 14.7. The smallest absolute Gasteiger partial charge is 0.313 e. The normalized spacial score (nSPS) is 18.4. The van der Waals surface area contributed by atoms with E-state index < -0.39 is 16.8 Å². The number of ketones is 1. The number of non-ortho nitro benzene ring substituents is 1. The molecule has 1 aromatic carbocycles. The van der Waals surface area contributed by atoms with Gasteiger partial charge in [-0.25, -0.2) is 0 Å². The summed E-state index contributed by atoms with van der Waals surface area (Å²) in [6, 6.07) is 5.78. The van der Waals surface area contributed by atoms with Crippen LogP contribution in [0.4, 0.5) is 5.69 Å². The Balaban J connectivity index is 2.38. The maximum absolute atomic E-state index is 11.7. The summed E-state index contributed by atoms with van der Waals surface area (Å²) in [4.78, 5) is 33.4. The fourth-order valence-electron chi connectivity index (χ4n) is 2.24. The molecule has 1 unspecified atom stereocenters. The molecule has 1 aliphatic rings. The molecule has 0 heterocycles. The summed E-state index contributed by atoms with van der Waals surface area (Å²) >= 11 is 0. The minimum atomic E-state index is -0.501. The van der Waals surface area contributed by atoms with Gasteiger partial charge >= 0.3 is 5.97 Å². The first-order valence-electron chi connectivity index (χ1n) is 6.10. The van der Waals surface area contributed by atoms with Crippen LogP contribution in [0.5, 0.6) is 0 Å². The van der Waals surface area contributed by atoms with Gasteiger partial charge in [-0.15, -0.1) is 0 Å². The molecule has 20 heavy (non-hydrogen) atoms. The van der Waals surface area contributed by atoms with Crippen LogP contribution in [0.1, 0.15) is 18.4 Å². The lowest BCUT2D eigenvalue weighted by atomic mass is 9.83. The van der Waals surface area contributed by atoms with Gasteiger partial charge in [0.05, 0.1) is 18.0 Å². The largest absolute Gasteiger partial charge is 0.469 e. The van der Waals surface area contributed by atoms with Crippen molar-refractivity contribution in [3.05, 3.63) is 46.0 Å². The molecule has 6 heteroatoms. The van der Waals surface area contributed by atoms with Gasteiger partial charge in [-0.1, -0.05) is 0 Å². The van der Waals surface area contributed by atoms with Crippen LogP contribution in [0, 0.1) is 16.0 Å². The zero-order valence-electron chi connectivity index (χ0n) is 10.9. The van der Waals surface area contributed by atoms with Crippen LogP contribution in [0.2, 0.25) is 0 Å². The van der Waals surface area contributed by atoms with Gasteiger partial charge in [0.2, 0.25) is 0 Å². The van der Waals surface area contributed by atoms with Gasteiger partial charge in [-0.3, -0.25) is 19.7 Å². The third-order valence-corrected chi connectivity index (χ3v) is 3.27. The van der Waals surface area contributed by atoms with E-state index in [2.05, 4.69) is 0 Å². The van der Waals surface area contributed by atoms with E-state index >= 15 is 0 Å². The Morgan fingerprint density at radius 3 is 2.55 bits per heavy atom. The quantitative estimate of drug-likeness (QED) is 0.479. The number of methoxy groups -OCH3 is 1. The predicted molar refractivity (Wildman–Crippen MR) is 70.8 cm³/mol. The maximum atomic E-state index is 11.7. The van der Waals surface area contributed by atoms with Crippen molar-refractivity contribution in [2.24, 2.45) is 5.92 Å². The van der Waals surface area contributed by atoms with Gasteiger partial charge in [0.1, 0.15) is 0 Å². The van der Waals surface area contributed by atoms with E-state index in [4.69, 9.17) is 4.74 Å². The molecule has 0 aromatic heterocycles. The third kappa shape index (κ3) is 2.74. The topological polar surface area (TPSA) is 86.5 Å². The van der Waals surface area contributed by atoms with Crippen molar-refractivity contribution in [2.75, 3.05) is 7.11 Å². The Labute approximate surface area is 115 Å². The molecule has 0 fully saturated rings. The lowest BCUT2D eigenvalue weighted by Crippen LogP contribution is -2.22. The first-order chi connectivity index (χ1) is 9.52. The number of carbonyl (C=O) groups is 2. The van der Waals surface area contributed by atoms with Crippen LogP contribution >= 0.6 is 0 Å². The lowest BCUT2D eigenvalue weighted by molar-refractivity contribution is -0.384. The number of nitro groups is 1. The van der Waals surface area contributed by atoms with Crippen molar-refractivity contribution >= 4 is 23.0 Å². The average molecular weight is 275 g/mol. The Kier molecular flexibility index (Phi) is 3.93. The molecule has 1 aliphatic carbocycles. The first-order valence-corrected chi connectivity index (χ1v) is 6.10. The minimum Gasteiger partial charge on any atom is -0.469 e. The van der Waals surface area contributed by atoms with Crippen molar-refractivity contribution in [1.82, 2.24) is 0 Å². The Morgan fingerprint density at radius 2 is 2.00 bits per heavy atom. The average Bonchev–Trinajstić information content (AvgIpc) is 2.46. The number of ether oxygens (including phenoxy) is 1. The summed E-state index contributed by atoms with van der Waals surface area (Å²) in [6.45, 7) is 0. The molecule has 0 aliphatic heterocycles. The summed E-state index contributed by atoms with van der Waals surface area (Å²) in [5, 5.41) is 10.6. The molecule has 104 valence electrons. The number of nitro benzene ring substituents is 1. The second-order valence-corrected chi connectivity index (χ2v) is 4.48. The van der Waals surface area contributed by atoms with E-state index in [9.17, 15) is 19.7 Å². The summed E-state index contributed by atoms with van der Waals surface area (Å²) in [7, 11) is 1.30. The Bertz CT molecular complexity index is 588. The monoisotopic (exact) mass is 275 g/mol. The van der Waals surface area contributed by atoms with E-state index in [0.29, 0.717) is 24.0 Å². The van der Waals surface area contributed by atoms with Gasteiger partial charge in [0, 0.05) is 18.6 Å². The predicted octanol–water partition coefficient (Wildman–Crippen LogP) is 2.13. The number of benzene rings is 1. The SMILES string of the molecule is COC(=O)C1CCC(=O)C=C1c1ccc([N+](=O)[O-])cc1. The van der Waals surface area contributed by atoms with Crippen LogP contribution in [-0.4, -0.2) is 23.8 Å². The molecule has 0 N–H and O–H groups in total. The van der Waals surface area contributed by atoms with Crippen LogP contribution in [-0.2, 0) is 14.3 Å². The number of carbonyl (C=O) groups excluding carboxylic acids is 2. The van der Waals surface area contributed by atoms with E-state index in [1.165, 1.54) is 25.3 Å². The van der Waals surface area contributed by atoms with Gasteiger partial charge in [-0.05, 0) is 35.8 Å². The molecule has 1 atom stereocenters. The molecule has 2 rings (SSSR count). The minimum absolute atomic E-state index is 0.0360. The third-order valence-electron chi connectivity index (χ3n) is 3.27. The molecule has 0 amide bonds. The van der Waals surface area contributed by atoms with Crippen molar-refractivity contribution < 1.29 is 19.2 Å². The second kappa shape index (κ2) is 5.64. The molecular formula is C14H13NO5. The Morgan fingerprint density at radius 1 is 1.35 bits per heavy atom. The zero-order valence-corrected chi connectivity index (χ0v) is 10.9. The molecular weight excluding hydrogens is 262 g/mol. The maximum Gasteiger partial charge on any atom is 0.313 e. The highest BCUT2D eigenvalue weighted by Gasteiger charge is 2.29. The molecule has 6 nitrogen and oxygen atoms in total. The standard InChI is InChI=1S/C14H13NO5/c1-20-14(17)12-7-6-11(16)8-13(12)9-2-4-10(5-3-9)15(18)19/h2-5,8,12H,6-7H2,1H3. The molecule has 0 bridgehead atoms. The van der Waals surface area contributed by atoms with Gasteiger partial charge < -0.3 is 4.74 Å². The fourth-order valence-corrected chi connectivity index (χ4v) is 2.24. The van der Waals surface area contributed by atoms with Crippen molar-refractivity contribution in [2.45, 2.75) is 12.8 Å². The highest BCUT2D eigenvalue weighted by molar-refractivity contribution is 6.03. The van der Waals surface area contributed by atoms with E-state index in [1.807, 2.05) is 0 Å². The van der Waals surface area contributed by atoms with Crippen molar-refractivity contribution in [3.63, 3.8) is 0 Å². The van der Waals surface area contributed by atoms with Gasteiger partial charge in [0.15, 0.2) is 5.78 Å². The summed E-state index contributed by atoms with van der Waals surface area (Å²) < 4.78 is 4.74.